The second kappa shape index (κ2) is 11.1. The maximum Gasteiger partial charge on any atom is 0.119 e. The third kappa shape index (κ3) is 6.19. The minimum absolute atomic E-state index is 0.186. The highest BCUT2D eigenvalue weighted by atomic mass is 31.1. The fourth-order valence-corrected chi connectivity index (χ4v) is 5.34. The molecule has 0 atom stereocenters. The molecule has 0 spiro atoms. The molecule has 0 amide bonds. The summed E-state index contributed by atoms with van der Waals surface area (Å²) in [7, 11) is 0.906. The van der Waals surface area contributed by atoms with E-state index in [9.17, 15) is 5.11 Å². The van der Waals surface area contributed by atoms with Gasteiger partial charge in [0.05, 0.1) is 0 Å². The highest BCUT2D eigenvalue weighted by Crippen LogP contribution is 2.30. The molecule has 0 saturated heterocycles. The lowest BCUT2D eigenvalue weighted by molar-refractivity contribution is -0.207. The third-order valence-electron chi connectivity index (χ3n) is 5.60. The van der Waals surface area contributed by atoms with Crippen LogP contribution in [0.5, 0.6) is 11.5 Å². The Labute approximate surface area is 186 Å². The fraction of sp³-hybridized carbons (Fsp3) is 0.296. The molecule has 0 heterocycles. The number of para-hydroxylation sites is 2. The number of rotatable bonds is 8. The topological polar surface area (TPSA) is 41.5 Å². The summed E-state index contributed by atoms with van der Waals surface area (Å²) in [6.07, 6.45) is 6.04. The predicted octanol–water partition coefficient (Wildman–Crippen LogP) is 5.96. The Morgan fingerprint density at radius 3 is 1.74 bits per heavy atom. The van der Waals surface area contributed by atoms with Crippen molar-refractivity contribution in [3.8, 4) is 11.5 Å². The Bertz CT molecular complexity index is 918. The van der Waals surface area contributed by atoms with Crippen LogP contribution >= 0.6 is 8.20 Å². The molecule has 4 heteroatoms. The van der Waals surface area contributed by atoms with Crippen molar-refractivity contribution in [3.63, 3.8) is 0 Å². The average Bonchev–Trinajstić information content (AvgIpc) is 2.83. The van der Waals surface area contributed by atoms with Gasteiger partial charge in [-0.05, 0) is 59.5 Å². The first-order valence-corrected chi connectivity index (χ1v) is 12.0. The smallest absolute Gasteiger partial charge is 0.119 e. The Hall–Kier alpha value is -2.61. The first-order chi connectivity index (χ1) is 15.3. The van der Waals surface area contributed by atoms with Crippen LogP contribution in [0.25, 0.3) is 0 Å². The normalized spacial score (nSPS) is 14.9. The van der Waals surface area contributed by atoms with Gasteiger partial charge in [-0.25, -0.2) is 0 Å². The van der Waals surface area contributed by atoms with E-state index in [-0.39, 0.29) is 5.48 Å². The van der Waals surface area contributed by atoms with Gasteiger partial charge >= 0.3 is 0 Å². The van der Waals surface area contributed by atoms with E-state index in [0.29, 0.717) is 18.9 Å². The highest BCUT2D eigenvalue weighted by molar-refractivity contribution is 7.41. The summed E-state index contributed by atoms with van der Waals surface area (Å²) in [6.45, 7) is 0.731. The molecular weight excluding hydrogens is 403 g/mol. The van der Waals surface area contributed by atoms with Gasteiger partial charge in [0.1, 0.15) is 24.7 Å². The van der Waals surface area contributed by atoms with E-state index < -0.39 is 0 Å². The Kier molecular flexibility index (Phi) is 7.76. The predicted molar refractivity (Wildman–Crippen MR) is 126 cm³/mol. The summed E-state index contributed by atoms with van der Waals surface area (Å²) in [5, 5.41) is 13.5. The molecular formula is C27H28O3P-. The molecule has 0 bridgehead atoms. The van der Waals surface area contributed by atoms with Gasteiger partial charge in [0.15, 0.2) is 0 Å². The number of hydrogen-bond donors (Lipinski definition) is 0. The van der Waals surface area contributed by atoms with Crippen molar-refractivity contribution in [2.75, 3.05) is 0 Å². The molecule has 31 heavy (non-hydrogen) atoms. The van der Waals surface area contributed by atoms with Gasteiger partial charge < -0.3 is 14.6 Å². The van der Waals surface area contributed by atoms with Gasteiger partial charge in [-0.3, -0.25) is 0 Å². The molecule has 1 aliphatic rings. The first kappa shape index (κ1) is 21.6. The molecule has 0 unspecified atom stereocenters. The van der Waals surface area contributed by atoms with Crippen LogP contribution in [0.15, 0.2) is 78.9 Å². The maximum absolute atomic E-state index is 13.5. The van der Waals surface area contributed by atoms with E-state index in [1.54, 1.807) is 0 Å². The van der Waals surface area contributed by atoms with Crippen LogP contribution in [0.4, 0.5) is 0 Å². The standard InChI is InChI=1S/C27H29O3P/c28-27(31-25-17-8-3-9-18-25)26-21(19-29-23-13-4-1-5-14-23)11-10-12-22(26)20-30-24-15-6-2-7-16-24/h1-2,4-7,10-16,25,28H,3,8-9,17-20H2/p-1. The molecule has 3 aromatic carbocycles. The van der Waals surface area contributed by atoms with Crippen LogP contribution in [-0.4, -0.2) is 11.1 Å². The Balaban J connectivity index is 1.60. The quantitative estimate of drug-likeness (QED) is 0.413. The Morgan fingerprint density at radius 1 is 0.710 bits per heavy atom. The number of hydrogen-bond acceptors (Lipinski definition) is 3. The lowest BCUT2D eigenvalue weighted by atomic mass is 10.0. The zero-order valence-corrected chi connectivity index (χ0v) is 18.6. The van der Waals surface area contributed by atoms with E-state index in [1.807, 2.05) is 78.9 Å². The van der Waals surface area contributed by atoms with Crippen molar-refractivity contribution >= 4 is 13.7 Å². The van der Waals surface area contributed by atoms with Gasteiger partial charge in [-0.1, -0.05) is 73.9 Å². The second-order valence-corrected chi connectivity index (χ2v) is 9.28. The SMILES string of the molecule is [O-]C(=PC1CCCCC1)c1c(COc2ccccc2)cccc1COc1ccccc1. The van der Waals surface area contributed by atoms with Crippen LogP contribution < -0.4 is 14.6 Å². The summed E-state index contributed by atoms with van der Waals surface area (Å²) >= 11 is 0. The molecule has 1 saturated carbocycles. The van der Waals surface area contributed by atoms with Gasteiger partial charge in [0, 0.05) is 0 Å². The molecule has 3 aromatic rings. The van der Waals surface area contributed by atoms with Gasteiger partial charge in [0.25, 0.3) is 0 Å². The van der Waals surface area contributed by atoms with E-state index in [2.05, 4.69) is 0 Å². The first-order valence-electron chi connectivity index (χ1n) is 11.0. The average molecular weight is 431 g/mol. The largest absolute Gasteiger partial charge is 0.823 e. The summed E-state index contributed by atoms with van der Waals surface area (Å²) in [5.74, 6) is 1.60. The lowest BCUT2D eigenvalue weighted by Crippen LogP contribution is -2.23. The summed E-state index contributed by atoms with van der Waals surface area (Å²) < 4.78 is 12.0. The zero-order chi connectivity index (χ0) is 21.3. The van der Waals surface area contributed by atoms with Crippen molar-refractivity contribution in [1.29, 1.82) is 0 Å². The van der Waals surface area contributed by atoms with E-state index in [4.69, 9.17) is 9.47 Å². The van der Waals surface area contributed by atoms with Crippen molar-refractivity contribution in [1.82, 2.24) is 0 Å². The van der Waals surface area contributed by atoms with Crippen molar-refractivity contribution in [2.45, 2.75) is 51.0 Å². The van der Waals surface area contributed by atoms with Crippen molar-refractivity contribution < 1.29 is 14.6 Å². The molecule has 4 rings (SSSR count). The molecule has 0 aliphatic heterocycles. The molecule has 160 valence electrons. The third-order valence-corrected chi connectivity index (χ3v) is 6.94. The van der Waals surface area contributed by atoms with E-state index >= 15 is 0 Å². The van der Waals surface area contributed by atoms with E-state index in [1.165, 1.54) is 19.3 Å². The van der Waals surface area contributed by atoms with Crippen LogP contribution in [0, 0.1) is 0 Å². The van der Waals surface area contributed by atoms with Crippen LogP contribution in [0.2, 0.25) is 0 Å². The highest BCUT2D eigenvalue weighted by Gasteiger charge is 2.14. The molecule has 0 aromatic heterocycles. The van der Waals surface area contributed by atoms with Gasteiger partial charge in [0.2, 0.25) is 0 Å². The minimum Gasteiger partial charge on any atom is -0.823 e. The number of ether oxygens (including phenoxy) is 2. The molecule has 1 fully saturated rings. The Morgan fingerprint density at radius 2 is 1.23 bits per heavy atom. The minimum atomic E-state index is 0.186. The van der Waals surface area contributed by atoms with E-state index in [0.717, 1.165) is 49.2 Å². The zero-order valence-electron chi connectivity index (χ0n) is 17.7. The molecule has 3 nitrogen and oxygen atoms in total. The molecule has 1 aliphatic carbocycles. The van der Waals surface area contributed by atoms with Gasteiger partial charge in [-0.2, -0.15) is 0 Å². The monoisotopic (exact) mass is 431 g/mol. The van der Waals surface area contributed by atoms with Crippen molar-refractivity contribution in [3.05, 3.63) is 95.6 Å². The number of benzene rings is 3. The van der Waals surface area contributed by atoms with Gasteiger partial charge in [-0.15, -0.1) is 13.7 Å². The van der Waals surface area contributed by atoms with Crippen LogP contribution in [-0.2, 0) is 13.2 Å². The van der Waals surface area contributed by atoms with Crippen molar-refractivity contribution in [2.24, 2.45) is 0 Å². The molecule has 0 radical (unpaired) electrons. The van der Waals surface area contributed by atoms with Crippen LogP contribution in [0.1, 0.15) is 48.8 Å². The fourth-order valence-electron chi connectivity index (χ4n) is 3.96. The summed E-state index contributed by atoms with van der Waals surface area (Å²) in [4.78, 5) is 0. The summed E-state index contributed by atoms with van der Waals surface area (Å²) in [5.41, 5.74) is 3.26. The maximum atomic E-state index is 13.5. The lowest BCUT2D eigenvalue weighted by Gasteiger charge is -2.25. The van der Waals surface area contributed by atoms with Crippen LogP contribution in [0.3, 0.4) is 0 Å². The molecule has 0 N–H and O–H groups in total. The summed E-state index contributed by atoms with van der Waals surface area (Å²) in [6, 6.07) is 25.5. The second-order valence-electron chi connectivity index (χ2n) is 7.88.